The first kappa shape index (κ1) is 73.0. The van der Waals surface area contributed by atoms with Crippen LogP contribution in [0, 0.1) is 27.7 Å². The second-order valence-electron chi connectivity index (χ2n) is 33.5. The van der Waals surface area contributed by atoms with E-state index in [4.69, 9.17) is 11.5 Å². The first-order chi connectivity index (χ1) is 53.0. The highest BCUT2D eigenvalue weighted by molar-refractivity contribution is 5.90. The third-order valence-corrected chi connectivity index (χ3v) is 26.6. The normalized spacial score (nSPS) is 21.5. The number of aryl methyl sites for hydroxylation is 4. The molecule has 0 saturated carbocycles. The minimum absolute atomic E-state index is 0.0133. The second kappa shape index (κ2) is 30.5. The van der Waals surface area contributed by atoms with Gasteiger partial charge in [0.25, 0.3) is 0 Å². The van der Waals surface area contributed by atoms with Crippen LogP contribution in [0.5, 0.6) is 0 Å². The third kappa shape index (κ3) is 13.6. The number of hydrogen-bond donors (Lipinski definition) is 2. The number of hydrogen-bond acceptors (Lipinski definition) is 14. The Labute approximate surface area is 644 Å². The molecule has 16 heterocycles. The van der Waals surface area contributed by atoms with Crippen LogP contribution in [0.4, 0.5) is 0 Å². The molecule has 18 heteroatoms. The van der Waals surface area contributed by atoms with Gasteiger partial charge >= 0.3 is 0 Å². The van der Waals surface area contributed by atoms with Gasteiger partial charge in [0.15, 0.2) is 0 Å². The van der Waals surface area contributed by atoms with Crippen LogP contribution in [0.3, 0.4) is 0 Å². The molecule has 0 amide bonds. The zero-order valence-electron chi connectivity index (χ0n) is 66.0. The fourth-order valence-electron chi connectivity index (χ4n) is 20.7. The van der Waals surface area contributed by atoms with Crippen LogP contribution in [0.15, 0.2) is 159 Å². The fraction of sp³-hybridized carbons (Fsp3) is 0.451. The monoisotopic (exact) mass is 1460 g/mol. The summed E-state index contributed by atoms with van der Waals surface area (Å²) in [4.78, 5) is 41.4. The van der Waals surface area contributed by atoms with Crippen LogP contribution >= 0.6 is 0 Å². The van der Waals surface area contributed by atoms with Crippen molar-refractivity contribution in [2.75, 3.05) is 74.5 Å². The maximum Gasteiger partial charge on any atom is 0.0804 e. The van der Waals surface area contributed by atoms with Crippen molar-refractivity contribution in [2.45, 2.75) is 192 Å². The van der Waals surface area contributed by atoms with E-state index in [2.05, 4.69) is 220 Å². The Morgan fingerprint density at radius 1 is 0.440 bits per heavy atom. The summed E-state index contributed by atoms with van der Waals surface area (Å²) in [5.41, 5.74) is 40.5. The van der Waals surface area contributed by atoms with Gasteiger partial charge < -0.3 is 29.7 Å². The fourth-order valence-corrected chi connectivity index (χ4v) is 20.7. The molecule has 9 atom stereocenters. The Morgan fingerprint density at radius 3 is 1.28 bits per heavy atom. The molecule has 4 saturated heterocycles. The zero-order chi connectivity index (χ0) is 74.9. The van der Waals surface area contributed by atoms with Crippen molar-refractivity contribution in [3.05, 3.63) is 249 Å². The summed E-state index contributed by atoms with van der Waals surface area (Å²) in [6, 6.07) is 39.1. The molecule has 8 aliphatic heterocycles. The van der Waals surface area contributed by atoms with Gasteiger partial charge in [-0.15, -0.1) is 0 Å². The molecule has 566 valence electrons. The maximum atomic E-state index is 6.59. The number of nitrogens with zero attached hydrogens (tertiary/aromatic N) is 16. The van der Waals surface area contributed by atoms with Gasteiger partial charge in [-0.2, -0.15) is 0 Å². The summed E-state index contributed by atoms with van der Waals surface area (Å²) in [5, 5.41) is 5.79. The quantitative estimate of drug-likeness (QED) is 0.105. The van der Waals surface area contributed by atoms with E-state index in [0.29, 0.717) is 30.2 Å². The summed E-state index contributed by atoms with van der Waals surface area (Å²) in [6.45, 7) is 21.8. The highest BCUT2D eigenvalue weighted by Gasteiger charge is 2.43. The van der Waals surface area contributed by atoms with Crippen LogP contribution in [0.1, 0.15) is 190 Å². The molecule has 12 aromatic rings. The summed E-state index contributed by atoms with van der Waals surface area (Å²) < 4.78 is 10.2. The lowest BCUT2D eigenvalue weighted by Gasteiger charge is -2.38. The van der Waals surface area contributed by atoms with Crippen LogP contribution in [0.25, 0.3) is 43.6 Å². The predicted octanol–water partition coefficient (Wildman–Crippen LogP) is 15.1. The molecule has 18 nitrogen and oxygen atoms in total. The molecular formula is C91H112N18. The number of pyridine rings is 2. The number of benzene rings is 4. The summed E-state index contributed by atoms with van der Waals surface area (Å²) in [5.74, 6) is 0. The number of rotatable bonds is 14. The Kier molecular flexibility index (Phi) is 20.4. The van der Waals surface area contributed by atoms with Crippen LogP contribution in [-0.2, 0) is 57.4 Å². The molecule has 109 heavy (non-hydrogen) atoms. The smallest absolute Gasteiger partial charge is 0.0804 e. The van der Waals surface area contributed by atoms with Crippen LogP contribution in [-0.4, -0.2) is 158 Å². The van der Waals surface area contributed by atoms with Crippen molar-refractivity contribution in [3.63, 3.8) is 0 Å². The number of likely N-dealkylation sites (N-methyl/N-ethyl adjacent to an activating group) is 3. The minimum atomic E-state index is -0.230. The maximum absolute atomic E-state index is 6.59. The highest BCUT2D eigenvalue weighted by atomic mass is 15.2. The Balaban J connectivity index is 0.000000106. The van der Waals surface area contributed by atoms with E-state index >= 15 is 0 Å². The number of nitrogens with two attached hydrogens (primary N) is 2. The molecule has 8 aromatic heterocycles. The van der Waals surface area contributed by atoms with Crippen LogP contribution in [0.2, 0.25) is 0 Å². The Hall–Kier alpha value is -8.82. The largest absolute Gasteiger partial charge is 0.342 e. The lowest BCUT2D eigenvalue weighted by molar-refractivity contribution is 0.141. The topological polar surface area (TPSA) is 169 Å². The van der Waals surface area contributed by atoms with Gasteiger partial charge in [0.05, 0.1) is 35.4 Å². The lowest BCUT2D eigenvalue weighted by atomic mass is 9.94. The zero-order valence-corrected chi connectivity index (χ0v) is 66.0. The minimum Gasteiger partial charge on any atom is -0.342 e. The standard InChI is InChI=1S/C24H31N5.C23H29N5.2C22H26N4/c1-17-7-8-19-18(14-17)23-20-6-5-12-28(20)13-9-21(23)29(19)16-24(2,27(3)4)22-15-25-10-11-26-22;1-16-6-7-19-17(13-16)23-20-5-4-11-27(20)12-8-21(23)28(19)15-22(26(2)3)18-14-24-9-10-25-18;1-14-3-5-19-17(11-14)22-20-6-4-16(25(20)2)12-21(22)26(19)13-18(23)15-7-9-24-10-8-15;1-15-4-5-19-17(13-15)22-20-3-2-11-25(20)12-8-21(22)26(19)14-18(23)16-6-9-24-10-7-16/h7-8,10-11,14-15,20H,5-6,9,12-13,16H2,1-4H3;6-7,9-10,13-14,20,22H,4-5,8,11-12,15H2,1-3H3;3,5,7-11,16,18,20H,4,6,12-13,23H2,1-2H3;4-7,9-10,13,18,20H,2-3,8,11-12,14,23H2,1H3. The van der Waals surface area contributed by atoms with Gasteiger partial charge in [0, 0.05) is 230 Å². The van der Waals surface area contributed by atoms with Gasteiger partial charge in [0.2, 0.25) is 0 Å². The molecule has 20 rings (SSSR count). The van der Waals surface area contributed by atoms with Crippen molar-refractivity contribution in [1.29, 1.82) is 0 Å². The summed E-state index contributed by atoms with van der Waals surface area (Å²) >= 11 is 0. The molecule has 0 aliphatic carbocycles. The van der Waals surface area contributed by atoms with E-state index in [0.717, 1.165) is 74.4 Å². The first-order valence-corrected chi connectivity index (χ1v) is 40.6. The molecule has 4 N–H and O–H groups in total. The van der Waals surface area contributed by atoms with Gasteiger partial charge in [-0.3, -0.25) is 59.3 Å². The molecule has 4 aromatic carbocycles. The number of fused-ring (bicyclic) bond motifs is 21. The van der Waals surface area contributed by atoms with E-state index in [-0.39, 0.29) is 23.7 Å². The van der Waals surface area contributed by atoms with Gasteiger partial charge in [-0.25, -0.2) is 0 Å². The summed E-state index contributed by atoms with van der Waals surface area (Å²) in [6.07, 6.45) is 33.2. The van der Waals surface area contributed by atoms with Crippen molar-refractivity contribution in [3.8, 4) is 0 Å². The lowest BCUT2D eigenvalue weighted by Crippen LogP contribution is -2.43. The Bertz CT molecular complexity index is 5180. The highest BCUT2D eigenvalue weighted by Crippen LogP contribution is 2.50. The molecule has 8 aliphatic rings. The van der Waals surface area contributed by atoms with E-state index in [1.165, 1.54) is 174 Å². The molecular weight excluding hydrogens is 1350 g/mol. The van der Waals surface area contributed by atoms with Crippen molar-refractivity contribution in [2.24, 2.45) is 11.5 Å². The SMILES string of the molecule is Cc1ccc2c(c1)c1c(n2CC(C)(c2cnccn2)N(C)C)CCN2CCCC12.Cc1ccc2c(c1)c1c(n2CC(N)c2ccncc2)CC2CCC1N2C.Cc1ccc2c(c1)c1c(n2CC(N)c2ccncc2)CCN2CCCC12.Cc1ccc2c(c1)c1c(n2CC(c2cnccn2)N(C)C)CCN2CCCC12. The molecule has 0 spiro atoms. The van der Waals surface area contributed by atoms with Gasteiger partial charge in [-0.1, -0.05) is 46.5 Å². The van der Waals surface area contributed by atoms with Crippen molar-refractivity contribution < 1.29 is 0 Å². The van der Waals surface area contributed by atoms with E-state index in [1.54, 1.807) is 52.7 Å². The molecule has 0 radical (unpaired) electrons. The average molecular weight is 1460 g/mol. The van der Waals surface area contributed by atoms with E-state index in [1.807, 2.05) is 61.4 Å². The predicted molar refractivity (Wildman–Crippen MR) is 440 cm³/mol. The number of aromatic nitrogens is 10. The van der Waals surface area contributed by atoms with Crippen molar-refractivity contribution >= 4 is 43.6 Å². The third-order valence-electron chi connectivity index (χ3n) is 26.6. The van der Waals surface area contributed by atoms with Gasteiger partial charge in [0.1, 0.15) is 0 Å². The van der Waals surface area contributed by atoms with E-state index < -0.39 is 0 Å². The molecule has 9 unspecified atom stereocenters. The van der Waals surface area contributed by atoms with Gasteiger partial charge in [-0.05, 0) is 247 Å². The Morgan fingerprint density at radius 2 is 0.853 bits per heavy atom. The second-order valence-corrected chi connectivity index (χ2v) is 33.5. The van der Waals surface area contributed by atoms with E-state index in [9.17, 15) is 0 Å². The van der Waals surface area contributed by atoms with Crippen molar-refractivity contribution in [1.82, 2.24) is 77.6 Å². The van der Waals surface area contributed by atoms with Crippen LogP contribution < -0.4 is 11.5 Å². The summed E-state index contributed by atoms with van der Waals surface area (Å²) in [7, 11) is 10.9. The molecule has 2 bridgehead atoms. The molecule has 4 fully saturated rings. The average Bonchev–Trinajstić information content (AvgIpc) is 1.59. The first-order valence-electron chi connectivity index (χ1n) is 40.6.